The Balaban J connectivity index is 1.89. The average Bonchev–Trinajstić information content (AvgIpc) is 2.80. The van der Waals surface area contributed by atoms with Crippen molar-refractivity contribution < 1.29 is 0 Å². The predicted molar refractivity (Wildman–Crippen MR) is 87.0 cm³/mol. The molecule has 1 N–H and O–H groups in total. The van der Waals surface area contributed by atoms with Gasteiger partial charge in [-0.2, -0.15) is 0 Å². The van der Waals surface area contributed by atoms with Crippen molar-refractivity contribution in [1.82, 2.24) is 19.4 Å². The van der Waals surface area contributed by atoms with Crippen LogP contribution in [0.2, 0.25) is 10.3 Å². The number of hydrogen-bond donors (Lipinski definition) is 1. The minimum atomic E-state index is 0.358. The Hall–Kier alpha value is -1.37. The van der Waals surface area contributed by atoms with E-state index in [1.54, 1.807) is 18.5 Å². The molecule has 3 aromatic heterocycles. The van der Waals surface area contributed by atoms with Gasteiger partial charge in [0.1, 0.15) is 9.76 Å². The minimum Gasteiger partial charge on any atom is -0.377 e. The van der Waals surface area contributed by atoms with Gasteiger partial charge in [0.05, 0.1) is 30.3 Å². The number of nitrogens with zero attached hydrogens (tertiary/aromatic N) is 4. The highest BCUT2D eigenvalue weighted by Crippen LogP contribution is 2.27. The monoisotopic (exact) mass is 385 g/mol. The first kappa shape index (κ1) is 14.6. The third kappa shape index (κ3) is 2.97. The third-order valence-electron chi connectivity index (χ3n) is 3.03. The summed E-state index contributed by atoms with van der Waals surface area (Å²) < 4.78 is 2.70. The summed E-state index contributed by atoms with van der Waals surface area (Å²) >= 11 is 15.3. The summed E-state index contributed by atoms with van der Waals surface area (Å²) in [5, 5.41) is 4.01. The molecule has 0 bridgehead atoms. The first-order chi connectivity index (χ1) is 10.0. The van der Waals surface area contributed by atoms with Gasteiger partial charge in [0, 0.05) is 6.20 Å². The summed E-state index contributed by atoms with van der Waals surface area (Å²) in [5.41, 5.74) is 3.48. The molecule has 0 amide bonds. The molecule has 0 aliphatic rings. The zero-order chi connectivity index (χ0) is 15.0. The largest absolute Gasteiger partial charge is 0.377 e. The lowest BCUT2D eigenvalue weighted by molar-refractivity contribution is 0.980. The molecule has 0 unspecified atom stereocenters. The van der Waals surface area contributed by atoms with Crippen molar-refractivity contribution >= 4 is 50.5 Å². The van der Waals surface area contributed by atoms with Crippen LogP contribution in [0.15, 0.2) is 29.3 Å². The summed E-state index contributed by atoms with van der Waals surface area (Å²) in [4.78, 5) is 12.5. The SMILES string of the molecule is Cc1cc(Cl)nc(Cl)c1NCc1cnc2cnc(Br)cn12. The summed E-state index contributed by atoms with van der Waals surface area (Å²) in [6.45, 7) is 2.48. The van der Waals surface area contributed by atoms with Gasteiger partial charge >= 0.3 is 0 Å². The molecule has 3 heterocycles. The van der Waals surface area contributed by atoms with Gasteiger partial charge < -0.3 is 5.32 Å². The van der Waals surface area contributed by atoms with Crippen LogP contribution in [0.1, 0.15) is 11.3 Å². The molecule has 0 saturated carbocycles. The van der Waals surface area contributed by atoms with Crippen LogP contribution in [-0.2, 0) is 6.54 Å². The number of halogens is 3. The quantitative estimate of drug-likeness (QED) is 0.688. The highest BCUT2D eigenvalue weighted by atomic mass is 79.9. The zero-order valence-electron chi connectivity index (χ0n) is 10.9. The van der Waals surface area contributed by atoms with Gasteiger partial charge in [0.2, 0.25) is 0 Å². The fourth-order valence-electron chi connectivity index (χ4n) is 2.03. The molecule has 0 aliphatic carbocycles. The Kier molecular flexibility index (Phi) is 4.01. The summed E-state index contributed by atoms with van der Waals surface area (Å²) in [6, 6.07) is 1.77. The van der Waals surface area contributed by atoms with Crippen LogP contribution in [0.25, 0.3) is 5.65 Å². The number of aromatic nitrogens is 4. The molecule has 0 atom stereocenters. The first-order valence-corrected chi connectivity index (χ1v) is 7.63. The maximum absolute atomic E-state index is 6.12. The Labute approximate surface area is 139 Å². The van der Waals surface area contributed by atoms with Crippen molar-refractivity contribution in [2.45, 2.75) is 13.5 Å². The van der Waals surface area contributed by atoms with Gasteiger partial charge in [-0.25, -0.2) is 15.0 Å². The molecule has 0 saturated heterocycles. The maximum atomic E-state index is 6.12. The molecular weight excluding hydrogens is 377 g/mol. The lowest BCUT2D eigenvalue weighted by atomic mass is 10.2. The number of fused-ring (bicyclic) bond motifs is 1. The van der Waals surface area contributed by atoms with Gasteiger partial charge in [-0.15, -0.1) is 0 Å². The lowest BCUT2D eigenvalue weighted by Crippen LogP contribution is -2.05. The Bertz CT molecular complexity index is 794. The molecule has 5 nitrogen and oxygen atoms in total. The Morgan fingerprint density at radius 3 is 2.86 bits per heavy atom. The van der Waals surface area contributed by atoms with Crippen LogP contribution in [-0.4, -0.2) is 19.4 Å². The number of hydrogen-bond acceptors (Lipinski definition) is 4. The Morgan fingerprint density at radius 2 is 2.10 bits per heavy atom. The van der Waals surface area contributed by atoms with Crippen molar-refractivity contribution in [2.24, 2.45) is 0 Å². The molecule has 21 heavy (non-hydrogen) atoms. The third-order valence-corrected chi connectivity index (χ3v) is 3.91. The average molecular weight is 387 g/mol. The molecule has 0 radical (unpaired) electrons. The zero-order valence-corrected chi connectivity index (χ0v) is 14.0. The van der Waals surface area contributed by atoms with Gasteiger partial charge in [0.15, 0.2) is 10.8 Å². The number of nitrogens with one attached hydrogen (secondary N) is 1. The molecule has 0 aliphatic heterocycles. The Morgan fingerprint density at radius 1 is 1.29 bits per heavy atom. The smallest absolute Gasteiger partial charge is 0.155 e. The van der Waals surface area contributed by atoms with E-state index in [2.05, 4.69) is 36.2 Å². The van der Waals surface area contributed by atoms with Crippen molar-refractivity contribution in [3.63, 3.8) is 0 Å². The number of pyridine rings is 1. The topological polar surface area (TPSA) is 55.1 Å². The number of anilines is 1. The summed E-state index contributed by atoms with van der Waals surface area (Å²) in [5.74, 6) is 0. The molecule has 108 valence electrons. The standard InChI is InChI=1S/C13H10BrCl2N5/c1-7-2-10(15)20-13(16)12(7)19-4-8-3-18-11-5-17-9(14)6-21(8)11/h2-3,5-6,19H,4H2,1H3. The molecule has 8 heteroatoms. The number of rotatable bonds is 3. The van der Waals surface area contributed by atoms with Crippen LogP contribution in [0.4, 0.5) is 5.69 Å². The molecule has 0 fully saturated rings. The van der Waals surface area contributed by atoms with E-state index in [0.29, 0.717) is 16.9 Å². The van der Waals surface area contributed by atoms with Crippen LogP contribution in [0, 0.1) is 6.92 Å². The van der Waals surface area contributed by atoms with E-state index < -0.39 is 0 Å². The van der Waals surface area contributed by atoms with Crippen molar-refractivity contribution in [3.8, 4) is 0 Å². The summed E-state index contributed by atoms with van der Waals surface area (Å²) in [7, 11) is 0. The van der Waals surface area contributed by atoms with Gasteiger partial charge in [0.25, 0.3) is 0 Å². The van der Waals surface area contributed by atoms with Crippen molar-refractivity contribution in [3.05, 3.63) is 50.8 Å². The van der Waals surface area contributed by atoms with Gasteiger partial charge in [-0.05, 0) is 34.5 Å². The molecular formula is C13H10BrCl2N5. The normalized spacial score (nSPS) is 11.0. The van der Waals surface area contributed by atoms with Gasteiger partial charge in [-0.3, -0.25) is 4.40 Å². The van der Waals surface area contributed by atoms with Crippen LogP contribution in [0.5, 0.6) is 0 Å². The molecule has 0 aromatic carbocycles. The second-order valence-corrected chi connectivity index (χ2v) is 6.03. The fraction of sp³-hybridized carbons (Fsp3) is 0.154. The predicted octanol–water partition coefficient (Wildman–Crippen LogP) is 4.11. The van der Waals surface area contributed by atoms with E-state index in [9.17, 15) is 0 Å². The molecule has 3 aromatic rings. The van der Waals surface area contributed by atoms with Crippen molar-refractivity contribution in [2.75, 3.05) is 5.32 Å². The minimum absolute atomic E-state index is 0.358. The van der Waals surface area contributed by atoms with E-state index in [0.717, 1.165) is 27.2 Å². The number of imidazole rings is 1. The summed E-state index contributed by atoms with van der Waals surface area (Å²) in [6.07, 6.45) is 5.37. The highest BCUT2D eigenvalue weighted by molar-refractivity contribution is 9.10. The first-order valence-electron chi connectivity index (χ1n) is 6.08. The van der Waals surface area contributed by atoms with Crippen LogP contribution in [0.3, 0.4) is 0 Å². The maximum Gasteiger partial charge on any atom is 0.155 e. The van der Waals surface area contributed by atoms with E-state index in [1.165, 1.54) is 0 Å². The van der Waals surface area contributed by atoms with E-state index >= 15 is 0 Å². The number of aryl methyl sites for hydroxylation is 1. The molecule has 3 rings (SSSR count). The van der Waals surface area contributed by atoms with Crippen LogP contribution >= 0.6 is 39.1 Å². The van der Waals surface area contributed by atoms with E-state index in [-0.39, 0.29) is 0 Å². The van der Waals surface area contributed by atoms with Gasteiger partial charge in [-0.1, -0.05) is 23.2 Å². The van der Waals surface area contributed by atoms with E-state index in [4.69, 9.17) is 23.2 Å². The van der Waals surface area contributed by atoms with E-state index in [1.807, 2.05) is 17.5 Å². The van der Waals surface area contributed by atoms with Crippen LogP contribution < -0.4 is 5.32 Å². The van der Waals surface area contributed by atoms with Crippen molar-refractivity contribution in [1.29, 1.82) is 0 Å². The molecule has 0 spiro atoms. The lowest BCUT2D eigenvalue weighted by Gasteiger charge is -2.11. The second-order valence-electron chi connectivity index (χ2n) is 4.47. The highest BCUT2D eigenvalue weighted by Gasteiger charge is 2.09. The second kappa shape index (κ2) is 5.79. The fourth-order valence-corrected chi connectivity index (χ4v) is 2.94.